The van der Waals surface area contributed by atoms with Crippen LogP contribution in [-0.4, -0.2) is 26.4 Å². The first-order valence-corrected chi connectivity index (χ1v) is 6.50. The van der Waals surface area contributed by atoms with Gasteiger partial charge in [-0.05, 0) is 39.5 Å². The van der Waals surface area contributed by atoms with E-state index in [1.165, 1.54) is 32.1 Å². The Bertz CT molecular complexity index is 107. The molecule has 1 aliphatic carbocycles. The highest BCUT2D eigenvalue weighted by molar-refractivity contribution is 4.64. The molecule has 0 radical (unpaired) electrons. The number of rotatable bonds is 5. The second-order valence-electron chi connectivity index (χ2n) is 3.94. The highest BCUT2D eigenvalue weighted by atomic mass is 16.5. The van der Waals surface area contributed by atoms with Crippen LogP contribution in [0.5, 0.6) is 0 Å². The smallest absolute Gasteiger partial charge is 0.0494 e. The Hall–Kier alpha value is -0.0800. The molecule has 0 aromatic rings. The lowest BCUT2D eigenvalue weighted by Crippen LogP contribution is -2.12. The van der Waals surface area contributed by atoms with E-state index in [0.717, 1.165) is 32.3 Å². The van der Waals surface area contributed by atoms with E-state index in [1.807, 2.05) is 13.8 Å². The van der Waals surface area contributed by atoms with Crippen LogP contribution in [0.3, 0.4) is 0 Å². The Labute approximate surface area is 95.3 Å². The number of ether oxygens (including phenoxy) is 2. The van der Waals surface area contributed by atoms with Crippen molar-refractivity contribution in [3.05, 3.63) is 0 Å². The minimum absolute atomic E-state index is 0.844. The molecule has 0 bridgehead atoms. The van der Waals surface area contributed by atoms with E-state index < -0.39 is 0 Å². The Balaban J connectivity index is 0.000000336. The van der Waals surface area contributed by atoms with E-state index in [1.54, 1.807) is 0 Å². The molecule has 92 valence electrons. The monoisotopic (exact) mass is 216 g/mol. The second kappa shape index (κ2) is 12.0. The van der Waals surface area contributed by atoms with Gasteiger partial charge in [0.1, 0.15) is 0 Å². The molecule has 0 aliphatic heterocycles. The molecule has 2 nitrogen and oxygen atoms in total. The predicted molar refractivity (Wildman–Crippen MR) is 65.2 cm³/mol. The van der Waals surface area contributed by atoms with E-state index >= 15 is 0 Å². The van der Waals surface area contributed by atoms with Gasteiger partial charge >= 0.3 is 0 Å². The first kappa shape index (κ1) is 14.9. The van der Waals surface area contributed by atoms with E-state index in [-0.39, 0.29) is 0 Å². The Morgan fingerprint density at radius 3 is 1.73 bits per heavy atom. The average molecular weight is 216 g/mol. The third-order valence-electron chi connectivity index (χ3n) is 2.69. The standard InChI is InChI=1S/C9H18O.C4H10O/c1-2-10-8-9-6-4-3-5-7-9;1-3-5-4-2/h9H,2-8H2,1H3;3-4H2,1-2H3. The van der Waals surface area contributed by atoms with Crippen molar-refractivity contribution in [1.29, 1.82) is 0 Å². The van der Waals surface area contributed by atoms with Crippen LogP contribution in [0.15, 0.2) is 0 Å². The van der Waals surface area contributed by atoms with Gasteiger partial charge in [0.15, 0.2) is 0 Å². The fourth-order valence-corrected chi connectivity index (χ4v) is 1.84. The lowest BCUT2D eigenvalue weighted by atomic mass is 9.90. The van der Waals surface area contributed by atoms with Crippen LogP contribution in [0.25, 0.3) is 0 Å². The minimum atomic E-state index is 0.844. The van der Waals surface area contributed by atoms with E-state index in [2.05, 4.69) is 6.92 Å². The molecule has 0 saturated heterocycles. The molecule has 0 spiro atoms. The van der Waals surface area contributed by atoms with Gasteiger partial charge in [0, 0.05) is 26.4 Å². The topological polar surface area (TPSA) is 18.5 Å². The van der Waals surface area contributed by atoms with Crippen molar-refractivity contribution in [3.63, 3.8) is 0 Å². The van der Waals surface area contributed by atoms with Gasteiger partial charge in [0.2, 0.25) is 0 Å². The molecule has 0 N–H and O–H groups in total. The number of hydrogen-bond acceptors (Lipinski definition) is 2. The van der Waals surface area contributed by atoms with Gasteiger partial charge in [0.25, 0.3) is 0 Å². The van der Waals surface area contributed by atoms with Gasteiger partial charge in [-0.1, -0.05) is 19.3 Å². The quantitative estimate of drug-likeness (QED) is 0.698. The van der Waals surface area contributed by atoms with Crippen molar-refractivity contribution in [2.45, 2.75) is 52.9 Å². The van der Waals surface area contributed by atoms with Crippen molar-refractivity contribution in [2.24, 2.45) is 5.92 Å². The van der Waals surface area contributed by atoms with Crippen molar-refractivity contribution >= 4 is 0 Å². The SMILES string of the molecule is CCOCC.CCOCC1CCCCC1. The molecule has 0 unspecified atom stereocenters. The van der Waals surface area contributed by atoms with Gasteiger partial charge in [-0.15, -0.1) is 0 Å². The zero-order valence-corrected chi connectivity index (χ0v) is 10.8. The van der Waals surface area contributed by atoms with Crippen LogP contribution in [-0.2, 0) is 9.47 Å². The Kier molecular flexibility index (Phi) is 11.9. The average Bonchev–Trinajstić information content (AvgIpc) is 2.30. The molecule has 0 atom stereocenters. The van der Waals surface area contributed by atoms with Gasteiger partial charge in [-0.3, -0.25) is 0 Å². The van der Waals surface area contributed by atoms with Gasteiger partial charge in [-0.2, -0.15) is 0 Å². The van der Waals surface area contributed by atoms with E-state index in [9.17, 15) is 0 Å². The van der Waals surface area contributed by atoms with Crippen LogP contribution in [0.4, 0.5) is 0 Å². The lowest BCUT2D eigenvalue weighted by Gasteiger charge is -2.20. The third-order valence-corrected chi connectivity index (χ3v) is 2.69. The minimum Gasteiger partial charge on any atom is -0.382 e. The molecule has 1 saturated carbocycles. The van der Waals surface area contributed by atoms with Crippen molar-refractivity contribution in [3.8, 4) is 0 Å². The van der Waals surface area contributed by atoms with Gasteiger partial charge in [0.05, 0.1) is 0 Å². The Morgan fingerprint density at radius 1 is 0.800 bits per heavy atom. The normalized spacial score (nSPS) is 17.0. The predicted octanol–water partition coefficient (Wildman–Crippen LogP) is 3.65. The summed E-state index contributed by atoms with van der Waals surface area (Å²) in [5.74, 6) is 0.883. The molecule has 0 amide bonds. The molecule has 2 heteroatoms. The fraction of sp³-hybridized carbons (Fsp3) is 1.00. The van der Waals surface area contributed by atoms with Crippen LogP contribution < -0.4 is 0 Å². The summed E-state index contributed by atoms with van der Waals surface area (Å²) >= 11 is 0. The summed E-state index contributed by atoms with van der Waals surface area (Å²) < 4.78 is 10.2. The first-order chi connectivity index (χ1) is 7.35. The van der Waals surface area contributed by atoms with Crippen molar-refractivity contribution < 1.29 is 9.47 Å². The summed E-state index contributed by atoms with van der Waals surface area (Å²) in [6.45, 7) is 9.63. The molecule has 0 aromatic carbocycles. The summed E-state index contributed by atoms with van der Waals surface area (Å²) in [5, 5.41) is 0. The van der Waals surface area contributed by atoms with E-state index in [4.69, 9.17) is 9.47 Å². The Morgan fingerprint density at radius 2 is 1.33 bits per heavy atom. The fourth-order valence-electron chi connectivity index (χ4n) is 1.84. The molecule has 1 aliphatic rings. The van der Waals surface area contributed by atoms with Crippen molar-refractivity contribution in [2.75, 3.05) is 26.4 Å². The zero-order chi connectivity index (χ0) is 11.4. The molecule has 0 heterocycles. The van der Waals surface area contributed by atoms with Gasteiger partial charge < -0.3 is 9.47 Å². The zero-order valence-electron chi connectivity index (χ0n) is 10.8. The maximum absolute atomic E-state index is 5.37. The third kappa shape index (κ3) is 10.2. The molecular weight excluding hydrogens is 188 g/mol. The van der Waals surface area contributed by atoms with Gasteiger partial charge in [-0.25, -0.2) is 0 Å². The summed E-state index contributed by atoms with van der Waals surface area (Å²) in [4.78, 5) is 0. The summed E-state index contributed by atoms with van der Waals surface area (Å²) in [6.07, 6.45) is 7.11. The molecule has 15 heavy (non-hydrogen) atoms. The van der Waals surface area contributed by atoms with Crippen molar-refractivity contribution in [1.82, 2.24) is 0 Å². The maximum Gasteiger partial charge on any atom is 0.0494 e. The summed E-state index contributed by atoms with van der Waals surface area (Å²) in [7, 11) is 0. The van der Waals surface area contributed by atoms with Crippen LogP contribution in [0.2, 0.25) is 0 Å². The van der Waals surface area contributed by atoms with Crippen LogP contribution >= 0.6 is 0 Å². The number of hydrogen-bond donors (Lipinski definition) is 0. The highest BCUT2D eigenvalue weighted by Gasteiger charge is 2.12. The molecule has 1 fully saturated rings. The molecular formula is C13H28O2. The van der Waals surface area contributed by atoms with Crippen LogP contribution in [0, 0.1) is 5.92 Å². The molecule has 0 aromatic heterocycles. The van der Waals surface area contributed by atoms with Crippen LogP contribution in [0.1, 0.15) is 52.9 Å². The summed E-state index contributed by atoms with van der Waals surface area (Å²) in [6, 6.07) is 0. The largest absolute Gasteiger partial charge is 0.382 e. The summed E-state index contributed by atoms with van der Waals surface area (Å²) in [5.41, 5.74) is 0. The highest BCUT2D eigenvalue weighted by Crippen LogP contribution is 2.23. The second-order valence-corrected chi connectivity index (χ2v) is 3.94. The first-order valence-electron chi connectivity index (χ1n) is 6.50. The molecule has 1 rings (SSSR count). The van der Waals surface area contributed by atoms with E-state index in [0.29, 0.717) is 0 Å². The lowest BCUT2D eigenvalue weighted by molar-refractivity contribution is 0.0949. The maximum atomic E-state index is 5.37.